The summed E-state index contributed by atoms with van der Waals surface area (Å²) in [5, 5.41) is 20.9. The van der Waals surface area contributed by atoms with E-state index < -0.39 is 5.60 Å². The second kappa shape index (κ2) is 7.06. The number of H-pyrrole nitrogens is 1. The van der Waals surface area contributed by atoms with Gasteiger partial charge in [0.05, 0.1) is 18.2 Å². The molecule has 1 aromatic carbocycles. The summed E-state index contributed by atoms with van der Waals surface area (Å²) in [7, 11) is 0. The normalized spacial score (nSPS) is 18.0. The zero-order valence-electron chi connectivity index (χ0n) is 15.1. The van der Waals surface area contributed by atoms with Gasteiger partial charge in [-0.15, -0.1) is 10.2 Å². The van der Waals surface area contributed by atoms with Gasteiger partial charge in [-0.2, -0.15) is 0 Å². The monoisotopic (exact) mass is 372 g/mol. The van der Waals surface area contributed by atoms with Gasteiger partial charge >= 0.3 is 0 Å². The lowest BCUT2D eigenvalue weighted by Gasteiger charge is -2.18. The first kappa shape index (κ1) is 17.6. The molecule has 7 heteroatoms. The molecule has 0 amide bonds. The summed E-state index contributed by atoms with van der Waals surface area (Å²) in [5.74, 6) is 1.40. The summed E-state index contributed by atoms with van der Waals surface area (Å²) in [5.41, 5.74) is 1.37. The Hall–Kier alpha value is -1.83. The Morgan fingerprint density at radius 3 is 2.96 bits per heavy atom. The van der Waals surface area contributed by atoms with Crippen LogP contribution in [0.3, 0.4) is 0 Å². The van der Waals surface area contributed by atoms with Crippen molar-refractivity contribution in [2.24, 2.45) is 0 Å². The molecule has 1 aliphatic rings. The quantitative estimate of drug-likeness (QED) is 0.648. The van der Waals surface area contributed by atoms with Crippen LogP contribution in [0.4, 0.5) is 0 Å². The smallest absolute Gasteiger partial charge is 0.191 e. The highest BCUT2D eigenvalue weighted by molar-refractivity contribution is 7.99. The zero-order valence-corrected chi connectivity index (χ0v) is 15.9. The van der Waals surface area contributed by atoms with Crippen molar-refractivity contribution >= 4 is 22.7 Å². The van der Waals surface area contributed by atoms with E-state index in [1.807, 2.05) is 18.3 Å². The molecular formula is C19H24N4O2S. The number of para-hydroxylation sites is 1. The minimum Gasteiger partial charge on any atom is -0.390 e. The van der Waals surface area contributed by atoms with Gasteiger partial charge in [-0.25, -0.2) is 0 Å². The Balaban J connectivity index is 1.72. The van der Waals surface area contributed by atoms with Crippen molar-refractivity contribution in [3.05, 3.63) is 30.5 Å². The van der Waals surface area contributed by atoms with E-state index >= 15 is 0 Å². The highest BCUT2D eigenvalue weighted by Gasteiger charge is 2.24. The van der Waals surface area contributed by atoms with Gasteiger partial charge in [-0.05, 0) is 32.8 Å². The average Bonchev–Trinajstić information content (AvgIpc) is 3.32. The molecule has 1 atom stereocenters. The number of benzene rings is 1. The number of rotatable bonds is 6. The van der Waals surface area contributed by atoms with E-state index in [-0.39, 0.29) is 6.10 Å². The van der Waals surface area contributed by atoms with Gasteiger partial charge in [0.2, 0.25) is 0 Å². The van der Waals surface area contributed by atoms with E-state index in [1.54, 1.807) is 13.8 Å². The predicted molar refractivity (Wildman–Crippen MR) is 103 cm³/mol. The largest absolute Gasteiger partial charge is 0.390 e. The molecule has 3 aromatic rings. The van der Waals surface area contributed by atoms with Crippen LogP contribution in [0.25, 0.3) is 22.3 Å². The third-order valence-corrected chi connectivity index (χ3v) is 5.92. The molecular weight excluding hydrogens is 348 g/mol. The number of aromatic nitrogens is 4. The molecule has 3 heterocycles. The fraction of sp³-hybridized carbons (Fsp3) is 0.474. The lowest BCUT2D eigenvalue weighted by atomic mass is 10.1. The second-order valence-corrected chi connectivity index (χ2v) is 8.34. The molecule has 0 bridgehead atoms. The molecule has 0 aliphatic carbocycles. The molecule has 138 valence electrons. The first-order chi connectivity index (χ1) is 12.5. The van der Waals surface area contributed by atoms with Gasteiger partial charge < -0.3 is 14.8 Å². The summed E-state index contributed by atoms with van der Waals surface area (Å²) in [6.07, 6.45) is 4.34. The Morgan fingerprint density at radius 1 is 1.35 bits per heavy atom. The van der Waals surface area contributed by atoms with Gasteiger partial charge in [0.15, 0.2) is 11.0 Å². The standard InChI is InChI=1S/C19H24N4O2S/c1-19(2,24)12-26-18-22-21-17(23(18)11-13-6-5-9-25-13)15-10-20-16-8-4-3-7-14(15)16/h3-4,7-8,10,13,20,24H,5-6,9,11-12H2,1-2H3/t13-/m1/s1. The third kappa shape index (κ3) is 3.65. The SMILES string of the molecule is CC(C)(O)CSc1nnc(-c2c[nH]c3ccccc23)n1C[C@H]1CCCO1. The zero-order chi connectivity index (χ0) is 18.1. The molecule has 2 N–H and O–H groups in total. The van der Waals surface area contributed by atoms with Crippen LogP contribution >= 0.6 is 11.8 Å². The maximum atomic E-state index is 10.1. The Kier molecular flexibility index (Phi) is 4.77. The van der Waals surface area contributed by atoms with Crippen LogP contribution in [-0.4, -0.2) is 48.9 Å². The minimum atomic E-state index is -0.758. The number of nitrogens with one attached hydrogen (secondary N) is 1. The van der Waals surface area contributed by atoms with Crippen LogP contribution in [0.1, 0.15) is 26.7 Å². The topological polar surface area (TPSA) is 76.0 Å². The van der Waals surface area contributed by atoms with E-state index in [0.29, 0.717) is 5.75 Å². The minimum absolute atomic E-state index is 0.191. The van der Waals surface area contributed by atoms with Crippen molar-refractivity contribution in [1.82, 2.24) is 19.7 Å². The second-order valence-electron chi connectivity index (χ2n) is 7.40. The van der Waals surface area contributed by atoms with Gasteiger partial charge in [-0.1, -0.05) is 30.0 Å². The lowest BCUT2D eigenvalue weighted by Crippen LogP contribution is -2.22. The molecule has 1 aliphatic heterocycles. The molecule has 1 fully saturated rings. The van der Waals surface area contributed by atoms with Gasteiger partial charge in [0.1, 0.15) is 0 Å². The number of thioether (sulfide) groups is 1. The van der Waals surface area contributed by atoms with E-state index in [4.69, 9.17) is 4.74 Å². The van der Waals surface area contributed by atoms with Crippen molar-refractivity contribution in [2.45, 2.75) is 50.1 Å². The number of aliphatic hydroxyl groups is 1. The van der Waals surface area contributed by atoms with Crippen LogP contribution in [0.2, 0.25) is 0 Å². The fourth-order valence-corrected chi connectivity index (χ4v) is 4.15. The number of fused-ring (bicyclic) bond motifs is 1. The van der Waals surface area contributed by atoms with E-state index in [2.05, 4.69) is 31.9 Å². The average molecular weight is 372 g/mol. The van der Waals surface area contributed by atoms with Crippen molar-refractivity contribution in [1.29, 1.82) is 0 Å². The number of hydrogen-bond donors (Lipinski definition) is 2. The molecule has 4 rings (SSSR count). The maximum Gasteiger partial charge on any atom is 0.191 e. The van der Waals surface area contributed by atoms with Gasteiger partial charge in [-0.3, -0.25) is 4.57 Å². The van der Waals surface area contributed by atoms with Crippen molar-refractivity contribution in [3.8, 4) is 11.4 Å². The highest BCUT2D eigenvalue weighted by Crippen LogP contribution is 2.32. The molecule has 0 unspecified atom stereocenters. The van der Waals surface area contributed by atoms with Crippen molar-refractivity contribution in [2.75, 3.05) is 12.4 Å². The first-order valence-corrected chi connectivity index (χ1v) is 9.96. The Labute approximate surface area is 157 Å². The summed E-state index contributed by atoms with van der Waals surface area (Å²) >= 11 is 1.53. The Bertz CT molecular complexity index is 890. The Morgan fingerprint density at radius 2 is 2.19 bits per heavy atom. The van der Waals surface area contributed by atoms with Gasteiger partial charge in [0.25, 0.3) is 0 Å². The number of hydrogen-bond acceptors (Lipinski definition) is 5. The summed E-state index contributed by atoms with van der Waals surface area (Å²) in [4.78, 5) is 3.31. The van der Waals surface area contributed by atoms with Gasteiger partial charge in [0, 0.05) is 35.0 Å². The van der Waals surface area contributed by atoms with Crippen LogP contribution in [-0.2, 0) is 11.3 Å². The van der Waals surface area contributed by atoms with Crippen LogP contribution in [0.15, 0.2) is 35.6 Å². The van der Waals surface area contributed by atoms with E-state index in [0.717, 1.165) is 53.4 Å². The summed E-state index contributed by atoms with van der Waals surface area (Å²) in [6, 6.07) is 8.20. The predicted octanol–water partition coefficient (Wildman–Crippen LogP) is 3.47. The molecule has 0 spiro atoms. The van der Waals surface area contributed by atoms with Crippen LogP contribution < -0.4 is 0 Å². The summed E-state index contributed by atoms with van der Waals surface area (Å²) in [6.45, 7) is 5.17. The fourth-order valence-electron chi connectivity index (χ4n) is 3.25. The molecule has 2 aromatic heterocycles. The lowest BCUT2D eigenvalue weighted by molar-refractivity contribution is 0.0952. The molecule has 0 saturated carbocycles. The van der Waals surface area contributed by atoms with E-state index in [9.17, 15) is 5.11 Å². The highest BCUT2D eigenvalue weighted by atomic mass is 32.2. The first-order valence-electron chi connectivity index (χ1n) is 8.98. The van der Waals surface area contributed by atoms with Crippen LogP contribution in [0.5, 0.6) is 0 Å². The van der Waals surface area contributed by atoms with Crippen LogP contribution in [0, 0.1) is 0 Å². The summed E-state index contributed by atoms with van der Waals surface area (Å²) < 4.78 is 7.98. The molecule has 0 radical (unpaired) electrons. The number of aromatic amines is 1. The molecule has 1 saturated heterocycles. The van der Waals surface area contributed by atoms with Crippen molar-refractivity contribution < 1.29 is 9.84 Å². The number of nitrogens with zero attached hydrogens (tertiary/aromatic N) is 3. The van der Waals surface area contributed by atoms with Crippen molar-refractivity contribution in [3.63, 3.8) is 0 Å². The molecule has 6 nitrogen and oxygen atoms in total. The van der Waals surface area contributed by atoms with E-state index in [1.165, 1.54) is 11.8 Å². The number of ether oxygens (including phenoxy) is 1. The third-order valence-electron chi connectivity index (χ3n) is 4.51. The molecule has 26 heavy (non-hydrogen) atoms. The maximum absolute atomic E-state index is 10.1.